The van der Waals surface area contributed by atoms with Gasteiger partial charge in [-0.1, -0.05) is 22.0 Å². The van der Waals surface area contributed by atoms with Crippen LogP contribution in [0, 0.1) is 6.92 Å². The lowest BCUT2D eigenvalue weighted by Gasteiger charge is -2.10. The van der Waals surface area contributed by atoms with Crippen LogP contribution in [0.1, 0.15) is 5.56 Å². The molecule has 0 saturated carbocycles. The summed E-state index contributed by atoms with van der Waals surface area (Å²) >= 11 is 3.43. The fourth-order valence-electron chi connectivity index (χ4n) is 1.60. The molecular formula is C15H16BrNO2. The van der Waals surface area contributed by atoms with Crippen LogP contribution >= 0.6 is 15.9 Å². The van der Waals surface area contributed by atoms with E-state index in [0.29, 0.717) is 13.2 Å². The van der Waals surface area contributed by atoms with Gasteiger partial charge >= 0.3 is 0 Å². The largest absolute Gasteiger partial charge is 0.490 e. The van der Waals surface area contributed by atoms with Gasteiger partial charge in [-0.2, -0.15) is 0 Å². The van der Waals surface area contributed by atoms with Gasteiger partial charge in [0.25, 0.3) is 0 Å². The maximum absolute atomic E-state index is 5.68. The zero-order chi connectivity index (χ0) is 13.7. The van der Waals surface area contributed by atoms with Crippen LogP contribution in [0.25, 0.3) is 0 Å². The Kier molecular flexibility index (Phi) is 4.68. The highest BCUT2D eigenvalue weighted by Gasteiger charge is 2.00. The second-order valence-corrected chi connectivity index (χ2v) is 5.09. The van der Waals surface area contributed by atoms with Crippen molar-refractivity contribution in [1.29, 1.82) is 0 Å². The molecule has 2 N–H and O–H groups in total. The summed E-state index contributed by atoms with van der Waals surface area (Å²) in [6.45, 7) is 3.01. The number of aryl methyl sites for hydroxylation is 1. The number of hydrogen-bond acceptors (Lipinski definition) is 3. The third-order valence-electron chi connectivity index (χ3n) is 2.64. The van der Waals surface area contributed by atoms with Gasteiger partial charge in [-0.15, -0.1) is 0 Å². The quantitative estimate of drug-likeness (QED) is 0.673. The van der Waals surface area contributed by atoms with Crippen LogP contribution in [-0.4, -0.2) is 13.2 Å². The minimum Gasteiger partial charge on any atom is -0.490 e. The highest BCUT2D eigenvalue weighted by atomic mass is 79.9. The van der Waals surface area contributed by atoms with Crippen LogP contribution < -0.4 is 15.2 Å². The zero-order valence-electron chi connectivity index (χ0n) is 10.7. The van der Waals surface area contributed by atoms with E-state index in [9.17, 15) is 0 Å². The molecule has 0 unspecified atom stereocenters. The molecular weight excluding hydrogens is 306 g/mol. The normalized spacial score (nSPS) is 10.2. The van der Waals surface area contributed by atoms with E-state index in [1.54, 1.807) is 0 Å². The second-order valence-electron chi connectivity index (χ2n) is 4.18. The molecule has 4 heteroatoms. The summed E-state index contributed by atoms with van der Waals surface area (Å²) < 4.78 is 12.3. The average Bonchev–Trinajstić information content (AvgIpc) is 2.40. The van der Waals surface area contributed by atoms with E-state index in [1.807, 2.05) is 49.4 Å². The lowest BCUT2D eigenvalue weighted by Crippen LogP contribution is -2.09. The van der Waals surface area contributed by atoms with Gasteiger partial charge in [0.05, 0.1) is 0 Å². The monoisotopic (exact) mass is 321 g/mol. The minimum atomic E-state index is 0.496. The standard InChI is InChI=1S/C15H16BrNO2/c1-11-2-3-12(16)10-15(11)19-9-8-18-14-6-4-13(17)5-7-14/h2-7,10H,8-9,17H2,1H3. The van der Waals surface area contributed by atoms with Crippen molar-refractivity contribution >= 4 is 21.6 Å². The SMILES string of the molecule is Cc1ccc(Br)cc1OCCOc1ccc(N)cc1. The van der Waals surface area contributed by atoms with Gasteiger partial charge in [0.15, 0.2) is 0 Å². The number of rotatable bonds is 5. The van der Waals surface area contributed by atoms with E-state index in [1.165, 1.54) is 0 Å². The molecule has 0 saturated heterocycles. The molecule has 0 spiro atoms. The fraction of sp³-hybridized carbons (Fsp3) is 0.200. The van der Waals surface area contributed by atoms with Gasteiger partial charge in [-0.3, -0.25) is 0 Å². The molecule has 0 aliphatic heterocycles. The molecule has 19 heavy (non-hydrogen) atoms. The zero-order valence-corrected chi connectivity index (χ0v) is 12.3. The second kappa shape index (κ2) is 6.48. The Labute approximate surface area is 121 Å². The van der Waals surface area contributed by atoms with E-state index in [0.717, 1.165) is 27.2 Å². The number of benzene rings is 2. The van der Waals surface area contributed by atoms with Gasteiger partial charge in [0.1, 0.15) is 24.7 Å². The molecule has 0 atom stereocenters. The number of hydrogen-bond donors (Lipinski definition) is 1. The van der Waals surface area contributed by atoms with Crippen molar-refractivity contribution < 1.29 is 9.47 Å². The summed E-state index contributed by atoms with van der Waals surface area (Å²) in [7, 11) is 0. The van der Waals surface area contributed by atoms with Gasteiger partial charge in [-0.25, -0.2) is 0 Å². The molecule has 2 aromatic carbocycles. The Bertz CT molecular complexity index is 540. The number of nitrogens with two attached hydrogens (primary N) is 1. The first-order valence-corrected chi connectivity index (χ1v) is 6.82. The van der Waals surface area contributed by atoms with E-state index >= 15 is 0 Å². The van der Waals surface area contributed by atoms with E-state index < -0.39 is 0 Å². The fourth-order valence-corrected chi connectivity index (χ4v) is 1.94. The van der Waals surface area contributed by atoms with Crippen molar-refractivity contribution in [2.45, 2.75) is 6.92 Å². The Hall–Kier alpha value is -1.68. The lowest BCUT2D eigenvalue weighted by molar-refractivity contribution is 0.216. The Morgan fingerprint density at radius 2 is 1.68 bits per heavy atom. The number of halogens is 1. The smallest absolute Gasteiger partial charge is 0.123 e. The number of anilines is 1. The highest BCUT2D eigenvalue weighted by Crippen LogP contribution is 2.22. The summed E-state index contributed by atoms with van der Waals surface area (Å²) in [4.78, 5) is 0. The third kappa shape index (κ3) is 4.17. The molecule has 0 bridgehead atoms. The van der Waals surface area contributed by atoms with Crippen molar-refractivity contribution in [3.05, 3.63) is 52.5 Å². The van der Waals surface area contributed by atoms with Crippen molar-refractivity contribution in [2.24, 2.45) is 0 Å². The molecule has 0 fully saturated rings. The van der Waals surface area contributed by atoms with Gasteiger partial charge in [-0.05, 0) is 48.9 Å². The molecule has 0 amide bonds. The number of ether oxygens (including phenoxy) is 2. The summed E-state index contributed by atoms with van der Waals surface area (Å²) in [5.74, 6) is 1.67. The number of nitrogen functional groups attached to an aromatic ring is 1. The molecule has 0 aliphatic carbocycles. The van der Waals surface area contributed by atoms with Crippen molar-refractivity contribution in [3.63, 3.8) is 0 Å². The van der Waals surface area contributed by atoms with Gasteiger partial charge in [0, 0.05) is 10.2 Å². The summed E-state index contributed by atoms with van der Waals surface area (Å²) in [5, 5.41) is 0. The maximum atomic E-state index is 5.68. The van der Waals surface area contributed by atoms with E-state index in [-0.39, 0.29) is 0 Å². The van der Waals surface area contributed by atoms with Crippen LogP contribution in [0.2, 0.25) is 0 Å². The molecule has 0 aliphatic rings. The summed E-state index contributed by atoms with van der Waals surface area (Å²) in [6.07, 6.45) is 0. The first-order chi connectivity index (χ1) is 9.15. The summed E-state index contributed by atoms with van der Waals surface area (Å²) in [6, 6.07) is 13.3. The molecule has 2 aromatic rings. The van der Waals surface area contributed by atoms with Crippen molar-refractivity contribution in [1.82, 2.24) is 0 Å². The van der Waals surface area contributed by atoms with Crippen LogP contribution in [0.15, 0.2) is 46.9 Å². The van der Waals surface area contributed by atoms with Crippen LogP contribution in [-0.2, 0) is 0 Å². The molecule has 0 heterocycles. The topological polar surface area (TPSA) is 44.5 Å². The molecule has 2 rings (SSSR count). The Morgan fingerprint density at radius 3 is 2.42 bits per heavy atom. The lowest BCUT2D eigenvalue weighted by atomic mass is 10.2. The van der Waals surface area contributed by atoms with E-state index in [2.05, 4.69) is 15.9 Å². The molecule has 0 aromatic heterocycles. The third-order valence-corrected chi connectivity index (χ3v) is 3.13. The van der Waals surface area contributed by atoms with Crippen LogP contribution in [0.3, 0.4) is 0 Å². The average molecular weight is 322 g/mol. The predicted octanol–water partition coefficient (Wildman–Crippen LogP) is 3.80. The van der Waals surface area contributed by atoms with Crippen molar-refractivity contribution in [2.75, 3.05) is 18.9 Å². The van der Waals surface area contributed by atoms with Crippen LogP contribution in [0.5, 0.6) is 11.5 Å². The Balaban J connectivity index is 1.80. The highest BCUT2D eigenvalue weighted by molar-refractivity contribution is 9.10. The van der Waals surface area contributed by atoms with Crippen molar-refractivity contribution in [3.8, 4) is 11.5 Å². The molecule has 0 radical (unpaired) electrons. The van der Waals surface area contributed by atoms with E-state index in [4.69, 9.17) is 15.2 Å². The Morgan fingerprint density at radius 1 is 1.00 bits per heavy atom. The molecule has 100 valence electrons. The maximum Gasteiger partial charge on any atom is 0.123 e. The first-order valence-electron chi connectivity index (χ1n) is 6.02. The summed E-state index contributed by atoms with van der Waals surface area (Å²) in [5.41, 5.74) is 7.44. The minimum absolute atomic E-state index is 0.496. The first kappa shape index (κ1) is 13.7. The molecule has 3 nitrogen and oxygen atoms in total. The van der Waals surface area contributed by atoms with Crippen LogP contribution in [0.4, 0.5) is 5.69 Å². The van der Waals surface area contributed by atoms with Gasteiger partial charge in [0.2, 0.25) is 0 Å². The van der Waals surface area contributed by atoms with Gasteiger partial charge < -0.3 is 15.2 Å². The predicted molar refractivity (Wildman–Crippen MR) is 80.7 cm³/mol.